The van der Waals surface area contributed by atoms with Crippen LogP contribution in [0.4, 0.5) is 5.13 Å². The largest absolute Gasteiger partial charge is 0.302 e. The fourth-order valence-electron chi connectivity index (χ4n) is 2.55. The Bertz CT molecular complexity index is 1110. The summed E-state index contributed by atoms with van der Waals surface area (Å²) in [4.78, 5) is 21.3. The number of aromatic nitrogens is 2. The zero-order valence-corrected chi connectivity index (χ0v) is 19.4. The standard InChI is InChI=1S/C21H18Cl2N4OS2/c1-12(2)17-6-3-13(10-24)20(25-17)29-8-7-19(28)27-21-26-18(11-30-21)15-5-4-14(22)9-16(15)23/h3-6,9,11-12H,7-8H2,1-2H3,(H,26,27,28). The number of carbonyl (C=O) groups is 1. The third kappa shape index (κ3) is 5.73. The van der Waals surface area contributed by atoms with Gasteiger partial charge in [-0.05, 0) is 36.2 Å². The number of thioether (sulfide) groups is 1. The van der Waals surface area contributed by atoms with Crippen LogP contribution in [-0.2, 0) is 4.79 Å². The number of anilines is 1. The number of nitriles is 1. The van der Waals surface area contributed by atoms with E-state index < -0.39 is 0 Å². The molecule has 0 saturated heterocycles. The van der Waals surface area contributed by atoms with E-state index in [1.165, 1.54) is 23.1 Å². The number of rotatable bonds is 7. The van der Waals surface area contributed by atoms with Crippen LogP contribution < -0.4 is 5.32 Å². The summed E-state index contributed by atoms with van der Waals surface area (Å²) in [6, 6.07) is 11.0. The Morgan fingerprint density at radius 2 is 2.07 bits per heavy atom. The van der Waals surface area contributed by atoms with Crippen LogP contribution in [0.1, 0.15) is 37.4 Å². The average molecular weight is 477 g/mol. The van der Waals surface area contributed by atoms with Crippen LogP contribution in [0.3, 0.4) is 0 Å². The van der Waals surface area contributed by atoms with Gasteiger partial charge in [0.25, 0.3) is 0 Å². The molecule has 0 fully saturated rings. The summed E-state index contributed by atoms with van der Waals surface area (Å²) in [7, 11) is 0. The van der Waals surface area contributed by atoms with Gasteiger partial charge in [-0.1, -0.05) is 37.0 Å². The van der Waals surface area contributed by atoms with Crippen molar-refractivity contribution in [2.75, 3.05) is 11.1 Å². The molecule has 30 heavy (non-hydrogen) atoms. The molecular formula is C21H18Cl2N4OS2. The third-order valence-corrected chi connectivity index (χ3v) is 6.42. The summed E-state index contributed by atoms with van der Waals surface area (Å²) in [6.45, 7) is 4.10. The van der Waals surface area contributed by atoms with Crippen LogP contribution in [0.25, 0.3) is 11.3 Å². The lowest BCUT2D eigenvalue weighted by Crippen LogP contribution is -2.12. The van der Waals surface area contributed by atoms with Gasteiger partial charge >= 0.3 is 0 Å². The van der Waals surface area contributed by atoms with Gasteiger partial charge in [-0.15, -0.1) is 23.1 Å². The van der Waals surface area contributed by atoms with E-state index in [0.717, 1.165) is 11.3 Å². The lowest BCUT2D eigenvalue weighted by molar-refractivity contribution is -0.115. The summed E-state index contributed by atoms with van der Waals surface area (Å²) >= 11 is 14.9. The van der Waals surface area contributed by atoms with Crippen LogP contribution in [0.5, 0.6) is 0 Å². The Morgan fingerprint density at radius 3 is 2.77 bits per heavy atom. The number of halogens is 2. The van der Waals surface area contributed by atoms with Crippen molar-refractivity contribution in [1.29, 1.82) is 5.26 Å². The summed E-state index contributed by atoms with van der Waals surface area (Å²) < 4.78 is 0. The average Bonchev–Trinajstić information content (AvgIpc) is 3.15. The SMILES string of the molecule is CC(C)c1ccc(C#N)c(SCCC(=O)Nc2nc(-c3ccc(Cl)cc3Cl)cs2)n1. The molecule has 0 aliphatic heterocycles. The molecule has 5 nitrogen and oxygen atoms in total. The number of amides is 1. The van der Waals surface area contributed by atoms with Crippen molar-refractivity contribution < 1.29 is 4.79 Å². The highest BCUT2D eigenvalue weighted by molar-refractivity contribution is 7.99. The van der Waals surface area contributed by atoms with Gasteiger partial charge in [0, 0.05) is 33.8 Å². The maximum atomic E-state index is 12.3. The molecule has 0 aliphatic carbocycles. The Labute approximate surface area is 193 Å². The summed E-state index contributed by atoms with van der Waals surface area (Å²) in [5.74, 6) is 0.633. The van der Waals surface area contributed by atoms with E-state index in [4.69, 9.17) is 23.2 Å². The van der Waals surface area contributed by atoms with Gasteiger partial charge in [0.15, 0.2) is 5.13 Å². The summed E-state index contributed by atoms with van der Waals surface area (Å²) in [6.07, 6.45) is 0.278. The number of carbonyl (C=O) groups excluding carboxylic acids is 1. The van der Waals surface area contributed by atoms with Crippen molar-refractivity contribution >= 4 is 57.3 Å². The van der Waals surface area contributed by atoms with Crippen molar-refractivity contribution in [3.05, 3.63) is 57.0 Å². The van der Waals surface area contributed by atoms with Crippen LogP contribution in [0.2, 0.25) is 10.0 Å². The molecule has 9 heteroatoms. The summed E-state index contributed by atoms with van der Waals surface area (Å²) in [5.41, 5.74) is 2.89. The highest BCUT2D eigenvalue weighted by Crippen LogP contribution is 2.32. The maximum Gasteiger partial charge on any atom is 0.226 e. The second-order valence-electron chi connectivity index (χ2n) is 6.66. The number of benzene rings is 1. The van der Waals surface area contributed by atoms with Gasteiger partial charge in [-0.2, -0.15) is 5.26 Å². The second-order valence-corrected chi connectivity index (χ2v) is 9.45. The molecule has 1 aromatic carbocycles. The fourth-order valence-corrected chi connectivity index (χ4v) is 4.70. The number of nitrogens with one attached hydrogen (secondary N) is 1. The van der Waals surface area contributed by atoms with Crippen molar-refractivity contribution in [3.63, 3.8) is 0 Å². The van der Waals surface area contributed by atoms with Crippen LogP contribution in [-0.4, -0.2) is 21.6 Å². The first-order valence-electron chi connectivity index (χ1n) is 9.12. The molecule has 0 aliphatic rings. The highest BCUT2D eigenvalue weighted by Gasteiger charge is 2.13. The Morgan fingerprint density at radius 1 is 1.27 bits per heavy atom. The molecule has 1 N–H and O–H groups in total. The molecule has 0 saturated carbocycles. The van der Waals surface area contributed by atoms with Gasteiger partial charge in [0.05, 0.1) is 16.3 Å². The van der Waals surface area contributed by atoms with Gasteiger partial charge in [0.1, 0.15) is 11.1 Å². The van der Waals surface area contributed by atoms with E-state index in [1.807, 2.05) is 11.4 Å². The lowest BCUT2D eigenvalue weighted by atomic mass is 10.1. The Balaban J connectivity index is 1.58. The number of pyridine rings is 1. The smallest absolute Gasteiger partial charge is 0.226 e. The van der Waals surface area contributed by atoms with Crippen molar-refractivity contribution in [2.24, 2.45) is 0 Å². The molecule has 0 unspecified atom stereocenters. The molecule has 0 atom stereocenters. The molecule has 2 aromatic heterocycles. The molecule has 3 rings (SSSR count). The lowest BCUT2D eigenvalue weighted by Gasteiger charge is -2.08. The summed E-state index contributed by atoms with van der Waals surface area (Å²) in [5, 5.41) is 16.1. The van der Waals surface area contributed by atoms with E-state index >= 15 is 0 Å². The minimum absolute atomic E-state index is 0.149. The first-order chi connectivity index (χ1) is 14.4. The predicted octanol–water partition coefficient (Wildman–Crippen LogP) is 6.63. The zero-order chi connectivity index (χ0) is 21.7. The zero-order valence-electron chi connectivity index (χ0n) is 16.3. The minimum atomic E-state index is -0.149. The van der Waals surface area contributed by atoms with Gasteiger partial charge in [-0.25, -0.2) is 9.97 Å². The normalized spacial score (nSPS) is 10.8. The van der Waals surface area contributed by atoms with Crippen LogP contribution in [0.15, 0.2) is 40.7 Å². The topological polar surface area (TPSA) is 78.7 Å². The van der Waals surface area contributed by atoms with Crippen molar-refractivity contribution in [3.8, 4) is 17.3 Å². The molecule has 2 heterocycles. The number of hydrogen-bond acceptors (Lipinski definition) is 6. The van der Waals surface area contributed by atoms with Crippen LogP contribution >= 0.6 is 46.3 Å². The van der Waals surface area contributed by atoms with E-state index in [2.05, 4.69) is 35.2 Å². The molecule has 154 valence electrons. The monoisotopic (exact) mass is 476 g/mol. The molecule has 3 aromatic rings. The molecule has 1 amide bonds. The number of thiazole rings is 1. The first kappa shape index (κ1) is 22.6. The van der Waals surface area contributed by atoms with Gasteiger partial charge < -0.3 is 5.32 Å². The molecule has 0 radical (unpaired) electrons. The van der Waals surface area contributed by atoms with E-state index in [0.29, 0.717) is 37.2 Å². The predicted molar refractivity (Wildman–Crippen MR) is 125 cm³/mol. The maximum absolute atomic E-state index is 12.3. The van der Waals surface area contributed by atoms with E-state index in [-0.39, 0.29) is 18.2 Å². The Hall–Kier alpha value is -2.11. The quantitative estimate of drug-likeness (QED) is 0.387. The minimum Gasteiger partial charge on any atom is -0.302 e. The highest BCUT2D eigenvalue weighted by atomic mass is 35.5. The van der Waals surface area contributed by atoms with Crippen LogP contribution in [0, 0.1) is 11.3 Å². The molecule has 0 bridgehead atoms. The van der Waals surface area contributed by atoms with Crippen molar-refractivity contribution in [2.45, 2.75) is 31.2 Å². The van der Waals surface area contributed by atoms with Gasteiger partial charge in [0.2, 0.25) is 5.91 Å². The third-order valence-electron chi connectivity index (χ3n) is 4.12. The number of hydrogen-bond donors (Lipinski definition) is 1. The fraction of sp³-hybridized carbons (Fsp3) is 0.238. The molecular weight excluding hydrogens is 459 g/mol. The first-order valence-corrected chi connectivity index (χ1v) is 11.7. The number of nitrogens with zero attached hydrogens (tertiary/aromatic N) is 3. The van der Waals surface area contributed by atoms with Gasteiger partial charge in [-0.3, -0.25) is 4.79 Å². The van der Waals surface area contributed by atoms with E-state index in [9.17, 15) is 10.1 Å². The van der Waals surface area contributed by atoms with Crippen molar-refractivity contribution in [1.82, 2.24) is 9.97 Å². The second kappa shape index (κ2) is 10.3. The molecule has 0 spiro atoms. The van der Waals surface area contributed by atoms with E-state index in [1.54, 1.807) is 24.3 Å². The Kier molecular flexibility index (Phi) is 7.73.